The van der Waals surface area contributed by atoms with Crippen LogP contribution in [-0.2, 0) is 14.8 Å². The second kappa shape index (κ2) is 8.11. The first-order valence-corrected chi connectivity index (χ1v) is 9.86. The number of sulfonamides is 1. The lowest BCUT2D eigenvalue weighted by atomic mass is 9.99. The number of hydrogen-bond acceptors (Lipinski definition) is 6. The van der Waals surface area contributed by atoms with Gasteiger partial charge in [-0.05, 0) is 38.3 Å². The maximum atomic E-state index is 13.0. The summed E-state index contributed by atoms with van der Waals surface area (Å²) in [5.41, 5.74) is 5.99. The van der Waals surface area contributed by atoms with E-state index in [9.17, 15) is 23.3 Å². The first-order valence-electron chi connectivity index (χ1n) is 8.42. The topological polar surface area (TPSA) is 136 Å². The summed E-state index contributed by atoms with van der Waals surface area (Å²) in [5.74, 6) is -0.673. The molecule has 3 N–H and O–H groups in total. The van der Waals surface area contributed by atoms with Crippen molar-refractivity contribution in [2.45, 2.75) is 31.6 Å². The molecule has 1 saturated heterocycles. The molecule has 0 aromatic heterocycles. The first-order chi connectivity index (χ1) is 12.2. The number of nitro groups is 1. The summed E-state index contributed by atoms with van der Waals surface area (Å²) in [6, 6.07) is 2.61. The van der Waals surface area contributed by atoms with E-state index in [1.807, 2.05) is 0 Å². The Balaban J connectivity index is 2.31. The van der Waals surface area contributed by atoms with Crippen molar-refractivity contribution >= 4 is 21.6 Å². The lowest BCUT2D eigenvalue weighted by molar-refractivity contribution is -0.385. The summed E-state index contributed by atoms with van der Waals surface area (Å²) in [5, 5.41) is 13.8. The van der Waals surface area contributed by atoms with Gasteiger partial charge in [0.1, 0.15) is 0 Å². The van der Waals surface area contributed by atoms with E-state index in [1.54, 1.807) is 13.8 Å². The van der Waals surface area contributed by atoms with E-state index in [-0.39, 0.29) is 29.6 Å². The molecule has 0 bridgehead atoms. The van der Waals surface area contributed by atoms with Crippen LogP contribution in [0, 0.1) is 29.9 Å². The van der Waals surface area contributed by atoms with Crippen LogP contribution in [0.25, 0.3) is 0 Å². The molecule has 1 aliphatic heterocycles. The molecular weight excluding hydrogens is 360 g/mol. The van der Waals surface area contributed by atoms with E-state index in [4.69, 9.17) is 5.73 Å². The van der Waals surface area contributed by atoms with Gasteiger partial charge >= 0.3 is 0 Å². The number of carbonyl (C=O) groups is 1. The minimum absolute atomic E-state index is 0.0554. The Bertz CT molecular complexity index is 809. The summed E-state index contributed by atoms with van der Waals surface area (Å²) in [7, 11) is -3.93. The molecule has 2 rings (SSSR count). The fourth-order valence-electron chi connectivity index (χ4n) is 3.15. The van der Waals surface area contributed by atoms with Crippen molar-refractivity contribution in [3.8, 4) is 0 Å². The van der Waals surface area contributed by atoms with Crippen molar-refractivity contribution in [2.75, 3.05) is 26.2 Å². The molecule has 0 saturated carbocycles. The van der Waals surface area contributed by atoms with Crippen molar-refractivity contribution in [3.63, 3.8) is 0 Å². The number of nitro benzene ring substituents is 1. The third-order valence-corrected chi connectivity index (χ3v) is 6.51. The van der Waals surface area contributed by atoms with E-state index in [0.717, 1.165) is 6.07 Å². The van der Waals surface area contributed by atoms with Crippen LogP contribution in [0.3, 0.4) is 0 Å². The average molecular weight is 384 g/mol. The zero-order valence-electron chi connectivity index (χ0n) is 14.9. The lowest BCUT2D eigenvalue weighted by Gasteiger charge is -2.31. The minimum atomic E-state index is -3.93. The molecule has 1 atom stereocenters. The van der Waals surface area contributed by atoms with Gasteiger partial charge in [-0.25, -0.2) is 8.42 Å². The summed E-state index contributed by atoms with van der Waals surface area (Å²) in [4.78, 5) is 22.6. The number of carbonyl (C=O) groups excluding carboxylic acids is 1. The fourth-order valence-corrected chi connectivity index (χ4v) is 4.90. The molecule has 10 heteroatoms. The Morgan fingerprint density at radius 2 is 2.08 bits per heavy atom. The first kappa shape index (κ1) is 20.3. The number of nitrogens with zero attached hydrogens (tertiary/aromatic N) is 2. The van der Waals surface area contributed by atoms with Gasteiger partial charge in [-0.1, -0.05) is 0 Å². The van der Waals surface area contributed by atoms with Crippen LogP contribution in [0.2, 0.25) is 0 Å². The van der Waals surface area contributed by atoms with Gasteiger partial charge in [-0.3, -0.25) is 14.9 Å². The van der Waals surface area contributed by atoms with Crippen LogP contribution >= 0.6 is 0 Å². The second-order valence-corrected chi connectivity index (χ2v) is 8.35. The average Bonchev–Trinajstić information content (AvgIpc) is 2.59. The van der Waals surface area contributed by atoms with Crippen LogP contribution in [0.5, 0.6) is 0 Å². The number of amides is 1. The highest BCUT2D eigenvalue weighted by Gasteiger charge is 2.35. The predicted molar refractivity (Wildman–Crippen MR) is 96.1 cm³/mol. The van der Waals surface area contributed by atoms with Crippen LogP contribution in [0.15, 0.2) is 17.0 Å². The van der Waals surface area contributed by atoms with E-state index in [2.05, 4.69) is 5.32 Å². The Labute approximate surface area is 152 Å². The number of piperidine rings is 1. The summed E-state index contributed by atoms with van der Waals surface area (Å²) >= 11 is 0. The quantitative estimate of drug-likeness (QED) is 0.547. The summed E-state index contributed by atoms with van der Waals surface area (Å²) in [6.07, 6.45) is 1.14. The van der Waals surface area contributed by atoms with Gasteiger partial charge in [0.25, 0.3) is 5.69 Å². The predicted octanol–water partition coefficient (Wildman–Crippen LogP) is 0.687. The molecule has 1 unspecified atom stereocenters. The highest BCUT2D eigenvalue weighted by Crippen LogP contribution is 2.30. The highest BCUT2D eigenvalue weighted by atomic mass is 32.2. The van der Waals surface area contributed by atoms with Crippen molar-refractivity contribution in [1.82, 2.24) is 9.62 Å². The number of aryl methyl sites for hydroxylation is 2. The third kappa shape index (κ3) is 4.19. The van der Waals surface area contributed by atoms with E-state index in [0.29, 0.717) is 37.1 Å². The molecule has 144 valence electrons. The Morgan fingerprint density at radius 1 is 1.38 bits per heavy atom. The second-order valence-electron chi connectivity index (χ2n) is 6.44. The number of nitrogens with two attached hydrogens (primary N) is 1. The zero-order chi connectivity index (χ0) is 19.5. The largest absolute Gasteiger partial charge is 0.355 e. The number of hydrogen-bond donors (Lipinski definition) is 2. The van der Waals surface area contributed by atoms with E-state index >= 15 is 0 Å². The molecule has 1 aromatic carbocycles. The molecule has 0 radical (unpaired) electrons. The van der Waals surface area contributed by atoms with Gasteiger partial charge in [0.15, 0.2) is 0 Å². The number of benzene rings is 1. The molecule has 1 fully saturated rings. The normalized spacial score (nSPS) is 18.5. The van der Waals surface area contributed by atoms with Gasteiger partial charge in [-0.15, -0.1) is 0 Å². The number of nitrogens with one attached hydrogen (secondary N) is 1. The Hall–Kier alpha value is -2.04. The SMILES string of the molecule is Cc1cc(C)c(S(=O)(=O)N2CCCC(C(=O)NCCN)C2)cc1[N+](=O)[O-]. The number of rotatable bonds is 6. The van der Waals surface area contributed by atoms with Gasteiger partial charge in [0.2, 0.25) is 15.9 Å². The molecule has 26 heavy (non-hydrogen) atoms. The summed E-state index contributed by atoms with van der Waals surface area (Å²) < 4.78 is 27.3. The highest BCUT2D eigenvalue weighted by molar-refractivity contribution is 7.89. The van der Waals surface area contributed by atoms with Crippen molar-refractivity contribution < 1.29 is 18.1 Å². The van der Waals surface area contributed by atoms with Crippen LogP contribution in [0.1, 0.15) is 24.0 Å². The molecule has 1 heterocycles. The minimum Gasteiger partial charge on any atom is -0.355 e. The third-order valence-electron chi connectivity index (χ3n) is 4.51. The van der Waals surface area contributed by atoms with Gasteiger partial charge < -0.3 is 11.1 Å². The maximum absolute atomic E-state index is 13.0. The van der Waals surface area contributed by atoms with Crippen molar-refractivity contribution in [2.24, 2.45) is 11.7 Å². The molecular formula is C16H24N4O5S. The zero-order valence-corrected chi connectivity index (χ0v) is 15.7. The van der Waals surface area contributed by atoms with E-state index in [1.165, 1.54) is 10.4 Å². The van der Waals surface area contributed by atoms with Gasteiger partial charge in [0.05, 0.1) is 15.7 Å². The van der Waals surface area contributed by atoms with Gasteiger partial charge in [-0.2, -0.15) is 4.31 Å². The summed E-state index contributed by atoms with van der Waals surface area (Å²) in [6.45, 7) is 4.17. The van der Waals surface area contributed by atoms with Crippen LogP contribution in [0.4, 0.5) is 5.69 Å². The van der Waals surface area contributed by atoms with Crippen molar-refractivity contribution in [3.05, 3.63) is 33.4 Å². The van der Waals surface area contributed by atoms with Crippen LogP contribution < -0.4 is 11.1 Å². The smallest absolute Gasteiger partial charge is 0.273 e. The molecule has 1 amide bonds. The molecule has 1 aromatic rings. The van der Waals surface area contributed by atoms with E-state index < -0.39 is 20.9 Å². The molecule has 0 spiro atoms. The Morgan fingerprint density at radius 3 is 2.69 bits per heavy atom. The molecule has 0 aliphatic carbocycles. The lowest BCUT2D eigenvalue weighted by Crippen LogP contribution is -2.46. The standard InChI is InChI=1S/C16H24N4O5S/c1-11-8-12(2)15(9-14(11)20(22)23)26(24,25)19-7-3-4-13(10-19)16(21)18-6-5-17/h8-9,13H,3-7,10,17H2,1-2H3,(H,18,21). The van der Waals surface area contributed by atoms with Crippen molar-refractivity contribution in [1.29, 1.82) is 0 Å². The van der Waals surface area contributed by atoms with Crippen LogP contribution in [-0.4, -0.2) is 49.7 Å². The monoisotopic (exact) mass is 384 g/mol. The Kier molecular flexibility index (Phi) is 6.32. The fraction of sp³-hybridized carbons (Fsp3) is 0.562. The maximum Gasteiger partial charge on any atom is 0.273 e. The molecule has 9 nitrogen and oxygen atoms in total. The molecule has 1 aliphatic rings. The van der Waals surface area contributed by atoms with Gasteiger partial charge in [0, 0.05) is 37.8 Å².